The largest absolute Gasteiger partial charge is 0.431 e. The smallest absolute Gasteiger partial charge is 0.256 e. The molecule has 3 nitrogen and oxygen atoms in total. The van der Waals surface area contributed by atoms with Crippen LogP contribution in [-0.2, 0) is 0 Å². The molecule has 92 valence electrons. The van der Waals surface area contributed by atoms with Crippen molar-refractivity contribution < 1.29 is 8.81 Å². The number of pyridine rings is 1. The van der Waals surface area contributed by atoms with E-state index in [2.05, 4.69) is 9.97 Å². The molecule has 5 heteroatoms. The molecule has 0 aliphatic carbocycles. The Morgan fingerprint density at radius 1 is 1.28 bits per heavy atom. The normalized spacial score (nSPS) is 11.5. The molecule has 0 aliphatic heterocycles. The Labute approximate surface area is 107 Å². The van der Waals surface area contributed by atoms with Crippen molar-refractivity contribution in [3.05, 3.63) is 29.7 Å². The lowest BCUT2D eigenvalue weighted by molar-refractivity contribution is 0.491. The Hall–Kier alpha value is -1.62. The Kier molecular flexibility index (Phi) is 2.70. The van der Waals surface area contributed by atoms with Gasteiger partial charge in [0.1, 0.15) is 16.9 Å². The summed E-state index contributed by atoms with van der Waals surface area (Å²) in [6.45, 7) is 3.85. The number of oxazole rings is 1. The summed E-state index contributed by atoms with van der Waals surface area (Å²) in [5.41, 5.74) is 2.36. The lowest BCUT2D eigenvalue weighted by Gasteiger charge is -2.00. The van der Waals surface area contributed by atoms with E-state index < -0.39 is 0 Å². The summed E-state index contributed by atoms with van der Waals surface area (Å²) in [5, 5.41) is 1.28. The molecule has 0 saturated heterocycles. The van der Waals surface area contributed by atoms with Gasteiger partial charge in [0, 0.05) is 5.39 Å². The molecule has 1 aromatic carbocycles. The molecule has 2 heterocycles. The van der Waals surface area contributed by atoms with Crippen molar-refractivity contribution in [2.24, 2.45) is 0 Å². The molecule has 3 rings (SSSR count). The van der Waals surface area contributed by atoms with Gasteiger partial charge >= 0.3 is 0 Å². The maximum atomic E-state index is 13.7. The van der Waals surface area contributed by atoms with E-state index in [4.69, 9.17) is 4.42 Å². The molecule has 0 amide bonds. The Bertz CT molecular complexity index is 739. The summed E-state index contributed by atoms with van der Waals surface area (Å²) in [7, 11) is 0. The second kappa shape index (κ2) is 4.24. The van der Waals surface area contributed by atoms with Crippen molar-refractivity contribution in [2.45, 2.75) is 19.1 Å². The van der Waals surface area contributed by atoms with Gasteiger partial charge in [-0.05, 0) is 24.8 Å². The Morgan fingerprint density at radius 3 is 2.89 bits per heavy atom. The van der Waals surface area contributed by atoms with E-state index in [0.29, 0.717) is 32.9 Å². The lowest BCUT2D eigenvalue weighted by Crippen LogP contribution is -1.89. The van der Waals surface area contributed by atoms with E-state index in [1.165, 1.54) is 17.8 Å². The van der Waals surface area contributed by atoms with Crippen LogP contribution in [0.2, 0.25) is 0 Å². The first-order valence-electron chi connectivity index (χ1n) is 5.69. The number of fused-ring (bicyclic) bond motifs is 3. The standard InChI is InChI=1S/C13H11FN2OS/c1-3-18-13-16-10-7(2)15-11-8(12(10)17-13)5-4-6-9(11)14/h4-6H,3H2,1-2H3. The topological polar surface area (TPSA) is 38.9 Å². The molecule has 0 radical (unpaired) electrons. The van der Waals surface area contributed by atoms with Crippen LogP contribution >= 0.6 is 11.8 Å². The zero-order valence-electron chi connectivity index (χ0n) is 10.0. The zero-order chi connectivity index (χ0) is 12.7. The number of thioether (sulfide) groups is 1. The van der Waals surface area contributed by atoms with Gasteiger partial charge in [0.2, 0.25) is 0 Å². The van der Waals surface area contributed by atoms with E-state index in [0.717, 1.165) is 5.75 Å². The molecule has 0 spiro atoms. The minimum Gasteiger partial charge on any atom is -0.431 e. The molecule has 0 fully saturated rings. The molecule has 3 aromatic rings. The highest BCUT2D eigenvalue weighted by atomic mass is 32.2. The number of halogens is 1. The van der Waals surface area contributed by atoms with Crippen molar-refractivity contribution in [1.82, 2.24) is 9.97 Å². The minimum absolute atomic E-state index is 0.335. The van der Waals surface area contributed by atoms with E-state index in [9.17, 15) is 4.39 Å². The van der Waals surface area contributed by atoms with Crippen molar-refractivity contribution >= 4 is 33.8 Å². The van der Waals surface area contributed by atoms with Gasteiger partial charge in [-0.3, -0.25) is 0 Å². The average Bonchev–Trinajstić information content (AvgIpc) is 2.76. The number of aryl methyl sites for hydroxylation is 1. The van der Waals surface area contributed by atoms with Gasteiger partial charge in [-0.15, -0.1) is 0 Å². The van der Waals surface area contributed by atoms with Crippen LogP contribution in [0.4, 0.5) is 4.39 Å². The van der Waals surface area contributed by atoms with Gasteiger partial charge in [-0.2, -0.15) is 0 Å². The highest BCUT2D eigenvalue weighted by Gasteiger charge is 2.15. The van der Waals surface area contributed by atoms with Gasteiger partial charge in [-0.1, -0.05) is 24.8 Å². The summed E-state index contributed by atoms with van der Waals surface area (Å²) < 4.78 is 19.4. The van der Waals surface area contributed by atoms with Crippen molar-refractivity contribution in [3.8, 4) is 0 Å². The number of para-hydroxylation sites is 1. The van der Waals surface area contributed by atoms with Gasteiger partial charge in [0.05, 0.1) is 5.69 Å². The first-order chi connectivity index (χ1) is 8.70. The van der Waals surface area contributed by atoms with Crippen LogP contribution in [0.5, 0.6) is 0 Å². The molecular weight excluding hydrogens is 251 g/mol. The highest BCUT2D eigenvalue weighted by molar-refractivity contribution is 7.99. The van der Waals surface area contributed by atoms with E-state index >= 15 is 0 Å². The van der Waals surface area contributed by atoms with Crippen LogP contribution in [0.3, 0.4) is 0 Å². The van der Waals surface area contributed by atoms with E-state index in [-0.39, 0.29) is 5.82 Å². The van der Waals surface area contributed by atoms with Crippen molar-refractivity contribution in [1.29, 1.82) is 0 Å². The molecule has 0 atom stereocenters. The zero-order valence-corrected chi connectivity index (χ0v) is 10.8. The first kappa shape index (κ1) is 11.5. The Balaban J connectivity index is 2.41. The third kappa shape index (κ3) is 1.66. The van der Waals surface area contributed by atoms with Crippen LogP contribution in [0.15, 0.2) is 27.8 Å². The molecule has 0 saturated carbocycles. The predicted molar refractivity (Wildman–Crippen MR) is 70.4 cm³/mol. The summed E-state index contributed by atoms with van der Waals surface area (Å²) in [6, 6.07) is 4.86. The monoisotopic (exact) mass is 262 g/mol. The third-order valence-electron chi connectivity index (χ3n) is 2.73. The van der Waals surface area contributed by atoms with E-state index in [1.807, 2.05) is 13.8 Å². The van der Waals surface area contributed by atoms with E-state index in [1.54, 1.807) is 12.1 Å². The van der Waals surface area contributed by atoms with Crippen LogP contribution in [0.1, 0.15) is 12.6 Å². The molecule has 18 heavy (non-hydrogen) atoms. The van der Waals surface area contributed by atoms with Gasteiger partial charge in [-0.25, -0.2) is 14.4 Å². The summed E-state index contributed by atoms with van der Waals surface area (Å²) in [6.07, 6.45) is 0. The highest BCUT2D eigenvalue weighted by Crippen LogP contribution is 2.31. The maximum Gasteiger partial charge on any atom is 0.256 e. The van der Waals surface area contributed by atoms with Gasteiger partial charge in [0.25, 0.3) is 5.22 Å². The van der Waals surface area contributed by atoms with Crippen molar-refractivity contribution in [3.63, 3.8) is 0 Å². The Morgan fingerprint density at radius 2 is 2.11 bits per heavy atom. The molecule has 0 unspecified atom stereocenters. The number of hydrogen-bond donors (Lipinski definition) is 0. The van der Waals surface area contributed by atoms with Crippen LogP contribution < -0.4 is 0 Å². The lowest BCUT2D eigenvalue weighted by atomic mass is 10.1. The SMILES string of the molecule is CCSc1nc2c(C)nc3c(F)cccc3c2o1. The molecule has 0 bridgehead atoms. The fourth-order valence-corrected chi connectivity index (χ4v) is 2.49. The molecule has 0 N–H and O–H groups in total. The fraction of sp³-hybridized carbons (Fsp3) is 0.231. The maximum absolute atomic E-state index is 13.7. The second-order valence-corrected chi connectivity index (χ2v) is 5.14. The number of aromatic nitrogens is 2. The molecule has 0 aliphatic rings. The minimum atomic E-state index is -0.335. The predicted octanol–water partition coefficient (Wildman–Crippen LogP) is 3.94. The third-order valence-corrected chi connectivity index (χ3v) is 3.44. The van der Waals surface area contributed by atoms with Crippen LogP contribution in [0.25, 0.3) is 22.0 Å². The second-order valence-electron chi connectivity index (χ2n) is 3.92. The summed E-state index contributed by atoms with van der Waals surface area (Å²) in [5.74, 6) is 0.546. The molecular formula is C13H11FN2OS. The fourth-order valence-electron chi connectivity index (χ4n) is 1.95. The first-order valence-corrected chi connectivity index (χ1v) is 6.67. The summed E-state index contributed by atoms with van der Waals surface area (Å²) in [4.78, 5) is 8.66. The van der Waals surface area contributed by atoms with Gasteiger partial charge in [0.15, 0.2) is 5.58 Å². The number of nitrogens with zero attached hydrogens (tertiary/aromatic N) is 2. The quantitative estimate of drug-likeness (QED) is 0.656. The average molecular weight is 262 g/mol. The number of rotatable bonds is 2. The molecule has 2 aromatic heterocycles. The van der Waals surface area contributed by atoms with Crippen LogP contribution in [0, 0.1) is 12.7 Å². The number of hydrogen-bond acceptors (Lipinski definition) is 4. The van der Waals surface area contributed by atoms with Gasteiger partial charge < -0.3 is 4.42 Å². The van der Waals surface area contributed by atoms with Crippen LogP contribution in [-0.4, -0.2) is 15.7 Å². The van der Waals surface area contributed by atoms with Crippen molar-refractivity contribution in [2.75, 3.05) is 5.75 Å². The number of benzene rings is 1. The summed E-state index contributed by atoms with van der Waals surface area (Å²) >= 11 is 1.52.